The van der Waals surface area contributed by atoms with Crippen LogP contribution in [0.15, 0.2) is 12.1 Å². The molecule has 0 amide bonds. The molecule has 0 saturated heterocycles. The topological polar surface area (TPSA) is 30.5 Å². The fourth-order valence-electron chi connectivity index (χ4n) is 1.26. The highest BCUT2D eigenvalue weighted by atomic mass is 127. The molecule has 3 nitrogen and oxygen atoms in total. The number of hydrogen-bond donors (Lipinski definition) is 1. The largest absolute Gasteiger partial charge is 0.496 e. The Labute approximate surface area is 104 Å². The molecule has 1 N–H and O–H groups in total. The highest BCUT2D eigenvalue weighted by molar-refractivity contribution is 14.1. The highest BCUT2D eigenvalue weighted by Crippen LogP contribution is 2.33. The van der Waals surface area contributed by atoms with E-state index in [2.05, 4.69) is 34.8 Å². The summed E-state index contributed by atoms with van der Waals surface area (Å²) < 4.78 is 11.6. The molecule has 0 bridgehead atoms. The lowest BCUT2D eigenvalue weighted by atomic mass is 10.2. The van der Waals surface area contributed by atoms with Crippen molar-refractivity contribution in [3.05, 3.63) is 15.7 Å². The lowest BCUT2D eigenvalue weighted by Gasteiger charge is -2.13. The predicted molar refractivity (Wildman–Crippen MR) is 71.0 cm³/mol. The van der Waals surface area contributed by atoms with E-state index in [0.29, 0.717) is 0 Å². The van der Waals surface area contributed by atoms with Gasteiger partial charge < -0.3 is 14.8 Å². The second-order valence-electron chi connectivity index (χ2n) is 3.11. The average Bonchev–Trinajstić information content (AvgIpc) is 2.26. The van der Waals surface area contributed by atoms with Gasteiger partial charge in [-0.2, -0.15) is 0 Å². The van der Waals surface area contributed by atoms with Gasteiger partial charge in [-0.05, 0) is 35.1 Å². The molecule has 84 valence electrons. The summed E-state index contributed by atoms with van der Waals surface area (Å²) in [7, 11) is 3.35. The van der Waals surface area contributed by atoms with Gasteiger partial charge in [0, 0.05) is 12.6 Å². The molecule has 15 heavy (non-hydrogen) atoms. The van der Waals surface area contributed by atoms with E-state index in [1.807, 2.05) is 12.1 Å². The molecule has 0 aromatic heterocycles. The molecule has 4 heteroatoms. The highest BCUT2D eigenvalue weighted by Gasteiger charge is 2.08. The van der Waals surface area contributed by atoms with Crippen molar-refractivity contribution in [1.29, 1.82) is 0 Å². The van der Waals surface area contributed by atoms with Gasteiger partial charge in [0.1, 0.15) is 11.5 Å². The molecule has 0 heterocycles. The molecule has 0 unspecified atom stereocenters. The number of anilines is 1. The van der Waals surface area contributed by atoms with Crippen molar-refractivity contribution < 1.29 is 9.47 Å². The summed E-state index contributed by atoms with van der Waals surface area (Å²) in [6, 6.07) is 3.94. The van der Waals surface area contributed by atoms with Crippen LogP contribution in [0.1, 0.15) is 13.3 Å². The summed E-state index contributed by atoms with van der Waals surface area (Å²) in [4.78, 5) is 0. The Kier molecular flexibility index (Phi) is 5.01. The molecular formula is C11H16INO2. The van der Waals surface area contributed by atoms with Crippen molar-refractivity contribution in [2.45, 2.75) is 13.3 Å². The van der Waals surface area contributed by atoms with Gasteiger partial charge >= 0.3 is 0 Å². The monoisotopic (exact) mass is 321 g/mol. The fourth-order valence-corrected chi connectivity index (χ4v) is 1.92. The van der Waals surface area contributed by atoms with E-state index in [1.165, 1.54) is 0 Å². The summed E-state index contributed by atoms with van der Waals surface area (Å²) in [6.07, 6.45) is 1.08. The smallest absolute Gasteiger partial charge is 0.143 e. The lowest BCUT2D eigenvalue weighted by Crippen LogP contribution is -2.03. The Hall–Kier alpha value is -0.650. The van der Waals surface area contributed by atoms with Gasteiger partial charge in [-0.25, -0.2) is 0 Å². The Bertz CT molecular complexity index is 329. The molecule has 0 radical (unpaired) electrons. The number of hydrogen-bond acceptors (Lipinski definition) is 3. The zero-order valence-electron chi connectivity index (χ0n) is 9.26. The zero-order valence-corrected chi connectivity index (χ0v) is 11.4. The van der Waals surface area contributed by atoms with Gasteiger partial charge in [0.15, 0.2) is 0 Å². The third-order valence-electron chi connectivity index (χ3n) is 2.04. The van der Waals surface area contributed by atoms with E-state index >= 15 is 0 Å². The van der Waals surface area contributed by atoms with Gasteiger partial charge in [0.25, 0.3) is 0 Å². The maximum atomic E-state index is 5.30. The number of benzene rings is 1. The Morgan fingerprint density at radius 1 is 1.20 bits per heavy atom. The third kappa shape index (κ3) is 3.15. The Morgan fingerprint density at radius 2 is 1.87 bits per heavy atom. The molecule has 1 rings (SSSR count). The van der Waals surface area contributed by atoms with Gasteiger partial charge in [0.05, 0.1) is 23.5 Å². The maximum Gasteiger partial charge on any atom is 0.143 e. The quantitative estimate of drug-likeness (QED) is 0.845. The minimum Gasteiger partial charge on any atom is -0.496 e. The van der Waals surface area contributed by atoms with Crippen molar-refractivity contribution in [2.75, 3.05) is 26.1 Å². The molecule has 1 aromatic rings. The second-order valence-corrected chi connectivity index (χ2v) is 4.28. The third-order valence-corrected chi connectivity index (χ3v) is 2.88. The van der Waals surface area contributed by atoms with E-state index in [9.17, 15) is 0 Å². The van der Waals surface area contributed by atoms with Crippen LogP contribution in [-0.4, -0.2) is 20.8 Å². The van der Waals surface area contributed by atoms with Gasteiger partial charge in [-0.15, -0.1) is 0 Å². The SMILES string of the molecule is CCCNc1cc(OC)c(I)cc1OC. The van der Waals surface area contributed by atoms with Gasteiger partial charge in [0.2, 0.25) is 0 Å². The van der Waals surface area contributed by atoms with Crippen molar-refractivity contribution in [3.8, 4) is 11.5 Å². The summed E-state index contributed by atoms with van der Waals surface area (Å²) in [5.74, 6) is 1.73. The lowest BCUT2D eigenvalue weighted by molar-refractivity contribution is 0.402. The van der Waals surface area contributed by atoms with Crippen LogP contribution in [0.4, 0.5) is 5.69 Å². The predicted octanol–water partition coefficient (Wildman–Crippen LogP) is 3.13. The second kappa shape index (κ2) is 6.05. The molecule has 0 aliphatic carbocycles. The molecular weight excluding hydrogens is 305 g/mol. The molecule has 0 spiro atoms. The molecule has 0 fully saturated rings. The number of halogens is 1. The number of methoxy groups -OCH3 is 2. The number of rotatable bonds is 5. The van der Waals surface area contributed by atoms with E-state index in [0.717, 1.165) is 33.7 Å². The normalized spacial score (nSPS) is 9.87. The molecule has 0 aliphatic rings. The summed E-state index contributed by atoms with van der Waals surface area (Å²) in [6.45, 7) is 3.06. The maximum absolute atomic E-state index is 5.30. The molecule has 0 saturated carbocycles. The van der Waals surface area contributed by atoms with Crippen LogP contribution in [0.25, 0.3) is 0 Å². The first-order valence-electron chi connectivity index (χ1n) is 4.88. The Morgan fingerprint density at radius 3 is 2.40 bits per heavy atom. The van der Waals surface area contributed by atoms with Crippen LogP contribution in [0, 0.1) is 3.57 Å². The van der Waals surface area contributed by atoms with Crippen LogP contribution in [0.3, 0.4) is 0 Å². The van der Waals surface area contributed by atoms with Crippen molar-refractivity contribution in [2.24, 2.45) is 0 Å². The van der Waals surface area contributed by atoms with Crippen LogP contribution in [0.2, 0.25) is 0 Å². The number of ether oxygens (including phenoxy) is 2. The van der Waals surface area contributed by atoms with Crippen LogP contribution < -0.4 is 14.8 Å². The first-order valence-corrected chi connectivity index (χ1v) is 5.96. The van der Waals surface area contributed by atoms with E-state index in [4.69, 9.17) is 9.47 Å². The van der Waals surface area contributed by atoms with Crippen LogP contribution >= 0.6 is 22.6 Å². The van der Waals surface area contributed by atoms with Gasteiger partial charge in [-0.1, -0.05) is 6.92 Å². The van der Waals surface area contributed by atoms with Gasteiger partial charge in [-0.3, -0.25) is 0 Å². The first kappa shape index (κ1) is 12.4. The molecule has 0 aliphatic heterocycles. The average molecular weight is 321 g/mol. The number of nitrogens with one attached hydrogen (secondary N) is 1. The van der Waals surface area contributed by atoms with Crippen LogP contribution in [-0.2, 0) is 0 Å². The summed E-state index contributed by atoms with van der Waals surface area (Å²) >= 11 is 2.23. The fraction of sp³-hybridized carbons (Fsp3) is 0.455. The van der Waals surface area contributed by atoms with Crippen molar-refractivity contribution in [1.82, 2.24) is 0 Å². The van der Waals surface area contributed by atoms with Crippen molar-refractivity contribution >= 4 is 28.3 Å². The van der Waals surface area contributed by atoms with E-state index in [-0.39, 0.29) is 0 Å². The minimum absolute atomic E-state index is 0.855. The standard InChI is InChI=1S/C11H16INO2/c1-4-5-13-9-7-10(14-2)8(12)6-11(9)15-3/h6-7,13H,4-5H2,1-3H3. The van der Waals surface area contributed by atoms with E-state index < -0.39 is 0 Å². The van der Waals surface area contributed by atoms with E-state index in [1.54, 1.807) is 14.2 Å². The van der Waals surface area contributed by atoms with Crippen LogP contribution in [0.5, 0.6) is 11.5 Å². The van der Waals surface area contributed by atoms with Crippen molar-refractivity contribution in [3.63, 3.8) is 0 Å². The summed E-state index contributed by atoms with van der Waals surface area (Å²) in [5.41, 5.74) is 0.983. The summed E-state index contributed by atoms with van der Waals surface area (Å²) in [5, 5.41) is 3.31. The zero-order chi connectivity index (χ0) is 11.3. The minimum atomic E-state index is 0.855. The Balaban J connectivity index is 2.99. The molecule has 0 atom stereocenters. The molecule has 1 aromatic carbocycles. The first-order chi connectivity index (χ1) is 7.22.